The maximum atomic E-state index is 7.35. The molecule has 0 bridgehead atoms. The van der Waals surface area contributed by atoms with Gasteiger partial charge in [0.15, 0.2) is 5.96 Å². The van der Waals surface area contributed by atoms with E-state index in [1.807, 2.05) is 54.6 Å². The third-order valence-corrected chi connectivity index (χ3v) is 3.32. The molecule has 0 atom stereocenters. The molecule has 0 aliphatic rings. The molecule has 122 valence electrons. The van der Waals surface area contributed by atoms with Crippen LogP contribution in [0.25, 0.3) is 0 Å². The molecular weight excluding hydrogens is 290 g/mol. The summed E-state index contributed by atoms with van der Waals surface area (Å²) in [5.41, 5.74) is 6.51. The van der Waals surface area contributed by atoms with Gasteiger partial charge in [0.2, 0.25) is 0 Å². The van der Waals surface area contributed by atoms with E-state index >= 15 is 0 Å². The number of hydrogen-bond donors (Lipinski definition) is 2. The zero-order chi connectivity index (χ0) is 16.5. The van der Waals surface area contributed by atoms with E-state index in [2.05, 4.69) is 0 Å². The minimum absolute atomic E-state index is 0.0590. The van der Waals surface area contributed by atoms with Gasteiger partial charge in [-0.25, -0.2) is 0 Å². The van der Waals surface area contributed by atoms with E-state index in [4.69, 9.17) is 20.6 Å². The predicted octanol–water partition coefficient (Wildman–Crippen LogP) is 2.86. The zero-order valence-corrected chi connectivity index (χ0v) is 13.4. The largest absolute Gasteiger partial charge is 0.493 e. The van der Waals surface area contributed by atoms with Crippen molar-refractivity contribution in [2.24, 2.45) is 5.73 Å². The maximum absolute atomic E-state index is 7.35. The Morgan fingerprint density at radius 2 is 1.52 bits per heavy atom. The van der Waals surface area contributed by atoms with Gasteiger partial charge in [0.05, 0.1) is 13.2 Å². The molecule has 3 N–H and O–H groups in total. The summed E-state index contributed by atoms with van der Waals surface area (Å²) in [4.78, 5) is 1.68. The Kier molecular flexibility index (Phi) is 6.29. The van der Waals surface area contributed by atoms with Gasteiger partial charge < -0.3 is 20.1 Å². The molecule has 0 aliphatic heterocycles. The van der Waals surface area contributed by atoms with Gasteiger partial charge in [-0.15, -0.1) is 0 Å². The van der Waals surface area contributed by atoms with Crippen LogP contribution in [0.2, 0.25) is 0 Å². The number of nitrogens with one attached hydrogen (secondary N) is 1. The van der Waals surface area contributed by atoms with Gasteiger partial charge in [0.25, 0.3) is 0 Å². The molecule has 23 heavy (non-hydrogen) atoms. The van der Waals surface area contributed by atoms with Gasteiger partial charge in [0.1, 0.15) is 11.5 Å². The summed E-state index contributed by atoms with van der Waals surface area (Å²) in [7, 11) is 1.79. The Balaban J connectivity index is 1.67. The average Bonchev–Trinajstić information content (AvgIpc) is 2.57. The SMILES string of the molecule is CN(Cc1ccc(OCCCOc2ccccc2)cc1)C(=N)N. The number of benzene rings is 2. The lowest BCUT2D eigenvalue weighted by molar-refractivity contribution is 0.247. The van der Waals surface area contributed by atoms with E-state index in [0.29, 0.717) is 19.8 Å². The Morgan fingerprint density at radius 1 is 0.957 bits per heavy atom. The molecule has 0 saturated heterocycles. The maximum Gasteiger partial charge on any atom is 0.188 e. The first kappa shape index (κ1) is 16.7. The molecule has 0 heterocycles. The molecule has 0 amide bonds. The quantitative estimate of drug-likeness (QED) is 0.446. The van der Waals surface area contributed by atoms with Crippen molar-refractivity contribution in [3.8, 4) is 11.5 Å². The normalized spacial score (nSPS) is 10.1. The summed E-state index contributed by atoms with van der Waals surface area (Å²) in [6.07, 6.45) is 0.823. The first-order chi connectivity index (χ1) is 11.1. The predicted molar refractivity (Wildman–Crippen MR) is 91.9 cm³/mol. The van der Waals surface area contributed by atoms with Crippen LogP contribution in [0, 0.1) is 5.41 Å². The molecule has 0 saturated carbocycles. The Bertz CT molecular complexity index is 599. The summed E-state index contributed by atoms with van der Waals surface area (Å²) >= 11 is 0. The van der Waals surface area contributed by atoms with Crippen LogP contribution in [0.15, 0.2) is 54.6 Å². The Hall–Kier alpha value is -2.69. The molecule has 0 aromatic heterocycles. The summed E-state index contributed by atoms with van der Waals surface area (Å²) in [6, 6.07) is 17.6. The second-order valence-corrected chi connectivity index (χ2v) is 5.25. The van der Waals surface area contributed by atoms with Crippen molar-refractivity contribution < 1.29 is 9.47 Å². The van der Waals surface area contributed by atoms with E-state index in [0.717, 1.165) is 23.5 Å². The number of hydrogen-bond acceptors (Lipinski definition) is 3. The van der Waals surface area contributed by atoms with Crippen molar-refractivity contribution in [3.63, 3.8) is 0 Å². The van der Waals surface area contributed by atoms with Crippen molar-refractivity contribution in [1.29, 1.82) is 5.41 Å². The highest BCUT2D eigenvalue weighted by molar-refractivity contribution is 5.74. The fraction of sp³-hybridized carbons (Fsp3) is 0.278. The minimum Gasteiger partial charge on any atom is -0.493 e. The van der Waals surface area contributed by atoms with Crippen LogP contribution in [-0.2, 0) is 6.54 Å². The first-order valence-electron chi connectivity index (χ1n) is 7.60. The van der Waals surface area contributed by atoms with Gasteiger partial charge >= 0.3 is 0 Å². The van der Waals surface area contributed by atoms with Crippen molar-refractivity contribution in [2.75, 3.05) is 20.3 Å². The van der Waals surface area contributed by atoms with E-state index in [-0.39, 0.29) is 5.96 Å². The lowest BCUT2D eigenvalue weighted by Crippen LogP contribution is -2.32. The first-order valence-corrected chi connectivity index (χ1v) is 7.60. The summed E-state index contributed by atoms with van der Waals surface area (Å²) in [5.74, 6) is 1.77. The van der Waals surface area contributed by atoms with Crippen molar-refractivity contribution in [3.05, 3.63) is 60.2 Å². The van der Waals surface area contributed by atoms with Crippen LogP contribution in [-0.4, -0.2) is 31.1 Å². The van der Waals surface area contributed by atoms with Gasteiger partial charge in [0, 0.05) is 20.0 Å². The highest BCUT2D eigenvalue weighted by Gasteiger charge is 2.02. The van der Waals surface area contributed by atoms with E-state index < -0.39 is 0 Å². The summed E-state index contributed by atoms with van der Waals surface area (Å²) in [6.45, 7) is 1.85. The standard InChI is InChI=1S/C18H23N3O2/c1-21(18(19)20)14-15-8-10-17(11-9-15)23-13-5-12-22-16-6-3-2-4-7-16/h2-4,6-11H,5,12-14H2,1H3,(H3,19,20). The molecule has 0 unspecified atom stereocenters. The smallest absolute Gasteiger partial charge is 0.188 e. The second kappa shape index (κ2) is 8.68. The van der Waals surface area contributed by atoms with Crippen molar-refractivity contribution in [2.45, 2.75) is 13.0 Å². The molecule has 5 nitrogen and oxygen atoms in total. The summed E-state index contributed by atoms with van der Waals surface area (Å²) in [5, 5.41) is 7.35. The van der Waals surface area contributed by atoms with Crippen LogP contribution in [0.5, 0.6) is 11.5 Å². The number of nitrogens with zero attached hydrogens (tertiary/aromatic N) is 1. The van der Waals surface area contributed by atoms with Gasteiger partial charge in [-0.05, 0) is 29.8 Å². The van der Waals surface area contributed by atoms with E-state index in [1.165, 1.54) is 0 Å². The number of para-hydroxylation sites is 1. The number of nitrogens with two attached hydrogens (primary N) is 1. The lowest BCUT2D eigenvalue weighted by atomic mass is 10.2. The third kappa shape index (κ3) is 5.90. The monoisotopic (exact) mass is 313 g/mol. The highest BCUT2D eigenvalue weighted by atomic mass is 16.5. The van der Waals surface area contributed by atoms with Gasteiger partial charge in [-0.3, -0.25) is 5.41 Å². The number of ether oxygens (including phenoxy) is 2. The Morgan fingerprint density at radius 3 is 2.09 bits per heavy atom. The van der Waals surface area contributed by atoms with Gasteiger partial charge in [-0.2, -0.15) is 0 Å². The lowest BCUT2D eigenvalue weighted by Gasteiger charge is -2.16. The van der Waals surface area contributed by atoms with Crippen LogP contribution < -0.4 is 15.2 Å². The van der Waals surface area contributed by atoms with Crippen LogP contribution in [0.4, 0.5) is 0 Å². The average molecular weight is 313 g/mol. The third-order valence-electron chi connectivity index (χ3n) is 3.32. The molecule has 0 radical (unpaired) electrons. The molecule has 2 aromatic rings. The molecule has 2 aromatic carbocycles. The minimum atomic E-state index is 0.0590. The van der Waals surface area contributed by atoms with E-state index in [1.54, 1.807) is 11.9 Å². The fourth-order valence-corrected chi connectivity index (χ4v) is 2.01. The molecule has 2 rings (SSSR count). The summed E-state index contributed by atoms with van der Waals surface area (Å²) < 4.78 is 11.3. The zero-order valence-electron chi connectivity index (χ0n) is 13.4. The Labute approximate surface area is 137 Å². The van der Waals surface area contributed by atoms with Crippen LogP contribution >= 0.6 is 0 Å². The number of guanidine groups is 1. The van der Waals surface area contributed by atoms with Crippen molar-refractivity contribution in [1.82, 2.24) is 4.90 Å². The topological polar surface area (TPSA) is 71.6 Å². The highest BCUT2D eigenvalue weighted by Crippen LogP contribution is 2.14. The molecule has 0 fully saturated rings. The fourth-order valence-electron chi connectivity index (χ4n) is 2.01. The molecule has 0 aliphatic carbocycles. The molecule has 5 heteroatoms. The molecule has 0 spiro atoms. The van der Waals surface area contributed by atoms with Crippen LogP contribution in [0.1, 0.15) is 12.0 Å². The second-order valence-electron chi connectivity index (χ2n) is 5.25. The van der Waals surface area contributed by atoms with Gasteiger partial charge in [-0.1, -0.05) is 30.3 Å². The van der Waals surface area contributed by atoms with Crippen molar-refractivity contribution >= 4 is 5.96 Å². The number of rotatable bonds is 8. The molecular formula is C18H23N3O2. The van der Waals surface area contributed by atoms with E-state index in [9.17, 15) is 0 Å². The van der Waals surface area contributed by atoms with Crippen LogP contribution in [0.3, 0.4) is 0 Å².